The maximum absolute atomic E-state index is 9.48. The van der Waals surface area contributed by atoms with Crippen molar-refractivity contribution >= 4 is 0 Å². The van der Waals surface area contributed by atoms with Gasteiger partial charge in [-0.05, 0) is 206 Å². The van der Waals surface area contributed by atoms with Gasteiger partial charge < -0.3 is 30.6 Å². The highest BCUT2D eigenvalue weighted by molar-refractivity contribution is 5.42. The fraction of sp³-hybridized carbons (Fsp3) is 0.526. The zero-order valence-electron chi connectivity index (χ0n) is 45.9. The van der Waals surface area contributed by atoms with E-state index in [9.17, 15) is 20.4 Å². The van der Waals surface area contributed by atoms with E-state index < -0.39 is 0 Å². The maximum Gasteiger partial charge on any atom is 0.119 e. The third kappa shape index (κ3) is 37.3. The molecule has 6 heteroatoms. The van der Waals surface area contributed by atoms with Crippen LogP contribution >= 0.6 is 0 Å². The van der Waals surface area contributed by atoms with Gasteiger partial charge in [0.2, 0.25) is 0 Å². The van der Waals surface area contributed by atoms with E-state index in [-0.39, 0.29) is 89.1 Å². The number of rotatable bonds is 12. The Morgan fingerprint density at radius 2 is 0.585 bits per heavy atom. The van der Waals surface area contributed by atoms with E-state index in [0.717, 1.165) is 60.8 Å². The molecule has 6 atom stereocenters. The average Bonchev–Trinajstić information content (AvgIpc) is 3.36. The lowest BCUT2D eigenvalue weighted by Gasteiger charge is -2.14. The molecule has 0 radical (unpaired) electrons. The largest absolute Gasteiger partial charge is 0.508 e. The third-order valence-electron chi connectivity index (χ3n) is 13.7. The molecule has 0 saturated carbocycles. The van der Waals surface area contributed by atoms with Crippen molar-refractivity contribution in [2.45, 2.75) is 274 Å². The standard InChI is InChI=1S/C12H18O.2C11H16O.3C10H14O.12CH4/c1-5-8(2)11-6-10(4)12(13)7-9(11)3;2*1-4-8(2)10-5-6-11(12)9(3)7-10;1-3-8(2)9-4-6-10(11)7-5-9;1-3-8(2)9-5-4-6-10(11)7-9;1-3-8(2)9-6-4-5-7-10(9)11;;;;;;;;;;;;/h6-8,13H,5H2,1-4H3;2*5-8,12H,4H2,1-3H3;3*4-8,11H,3H2,1-2H3;12*1H4. The van der Waals surface area contributed by atoms with Gasteiger partial charge in [0.25, 0.3) is 0 Å². The summed E-state index contributed by atoms with van der Waals surface area (Å²) in [6, 6.07) is 38.0. The van der Waals surface area contributed by atoms with E-state index in [1.165, 1.54) is 33.4 Å². The fourth-order valence-corrected chi connectivity index (χ4v) is 7.25. The first-order valence-corrected chi connectivity index (χ1v) is 25.8. The van der Waals surface area contributed by atoms with Crippen LogP contribution in [0.25, 0.3) is 0 Å². The monoisotopic (exact) mass is 1150 g/mol. The molecule has 0 spiro atoms. The summed E-state index contributed by atoms with van der Waals surface area (Å²) >= 11 is 0. The molecule has 6 aromatic carbocycles. The van der Waals surface area contributed by atoms with Crippen molar-refractivity contribution in [1.29, 1.82) is 0 Å². The van der Waals surface area contributed by atoms with Gasteiger partial charge in [0.05, 0.1) is 0 Å². The number of phenols is 6. The summed E-state index contributed by atoms with van der Waals surface area (Å²) in [4.78, 5) is 0. The van der Waals surface area contributed by atoms with E-state index in [1.54, 1.807) is 36.4 Å². The van der Waals surface area contributed by atoms with Gasteiger partial charge in [0, 0.05) is 0 Å². The van der Waals surface area contributed by atoms with Crippen LogP contribution in [0.2, 0.25) is 0 Å². The molecule has 0 fully saturated rings. The molecular formula is C76H140O6. The quantitative estimate of drug-likeness (QED) is 0.0726. The van der Waals surface area contributed by atoms with Crippen LogP contribution in [0.4, 0.5) is 0 Å². The van der Waals surface area contributed by atoms with Crippen LogP contribution in [-0.4, -0.2) is 30.6 Å². The minimum Gasteiger partial charge on any atom is -0.508 e. The molecule has 0 bridgehead atoms. The topological polar surface area (TPSA) is 121 Å². The molecule has 0 aromatic heterocycles. The van der Waals surface area contributed by atoms with Gasteiger partial charge in [-0.3, -0.25) is 0 Å². The number of hydrogen-bond donors (Lipinski definition) is 6. The van der Waals surface area contributed by atoms with Crippen molar-refractivity contribution in [1.82, 2.24) is 0 Å². The van der Waals surface area contributed by atoms with Gasteiger partial charge in [0.1, 0.15) is 34.5 Å². The van der Waals surface area contributed by atoms with E-state index in [2.05, 4.69) is 108 Å². The second kappa shape index (κ2) is 55.6. The van der Waals surface area contributed by atoms with Crippen LogP contribution in [0.1, 0.15) is 302 Å². The normalized spacial score (nSPS) is 11.0. The molecule has 6 nitrogen and oxygen atoms in total. The van der Waals surface area contributed by atoms with E-state index >= 15 is 0 Å². The molecule has 0 aliphatic carbocycles. The third-order valence-corrected chi connectivity index (χ3v) is 13.7. The second-order valence-electron chi connectivity index (χ2n) is 19.2. The highest BCUT2D eigenvalue weighted by Crippen LogP contribution is 2.30. The number of para-hydroxylation sites is 1. The van der Waals surface area contributed by atoms with Crippen molar-refractivity contribution in [2.75, 3.05) is 0 Å². The maximum atomic E-state index is 9.48. The van der Waals surface area contributed by atoms with Gasteiger partial charge in [-0.15, -0.1) is 0 Å². The Balaban J connectivity index is -0.0000000697. The zero-order chi connectivity index (χ0) is 53.1. The van der Waals surface area contributed by atoms with Crippen LogP contribution in [0.15, 0.2) is 121 Å². The molecule has 480 valence electrons. The summed E-state index contributed by atoms with van der Waals surface area (Å²) in [5.41, 5.74) is 11.6. The summed E-state index contributed by atoms with van der Waals surface area (Å²) < 4.78 is 0. The summed E-state index contributed by atoms with van der Waals surface area (Å²) in [5.74, 6) is 5.66. The number of benzene rings is 6. The molecule has 0 aliphatic rings. The Labute approximate surface area is 513 Å². The average molecular weight is 1150 g/mol. The zero-order valence-corrected chi connectivity index (χ0v) is 45.9. The molecule has 6 aromatic rings. The fourth-order valence-electron chi connectivity index (χ4n) is 7.25. The number of aryl methyl sites for hydroxylation is 4. The van der Waals surface area contributed by atoms with Gasteiger partial charge >= 0.3 is 0 Å². The van der Waals surface area contributed by atoms with Gasteiger partial charge in [-0.2, -0.15) is 0 Å². The summed E-state index contributed by atoms with van der Waals surface area (Å²) in [6.07, 6.45) is 6.76. The number of aromatic hydroxyl groups is 6. The SMILES string of the molecule is C.C.C.C.C.C.C.C.C.C.C.C.CCC(C)c1cc(C)c(O)cc1C.CCC(C)c1ccc(O)c(C)c1.CCC(C)c1ccc(O)c(C)c1.CCC(C)c1ccc(O)cc1.CCC(C)c1cccc(O)c1.CCC(C)c1ccccc1O. The second-order valence-corrected chi connectivity index (χ2v) is 19.2. The first-order valence-electron chi connectivity index (χ1n) is 25.8. The molecule has 0 aliphatic heterocycles. The Kier molecular flexibility index (Phi) is 70.9. The summed E-state index contributed by atoms with van der Waals surface area (Å²) in [7, 11) is 0. The molecule has 6 unspecified atom stereocenters. The molecule has 0 saturated heterocycles. The molecule has 6 rings (SSSR count). The first kappa shape index (κ1) is 104. The van der Waals surface area contributed by atoms with Crippen molar-refractivity contribution in [2.24, 2.45) is 0 Å². The minimum atomic E-state index is 0. The van der Waals surface area contributed by atoms with Gasteiger partial charge in [-0.1, -0.05) is 245 Å². The molecular weight excluding hydrogens is 1010 g/mol. The van der Waals surface area contributed by atoms with Crippen LogP contribution in [0, 0.1) is 27.7 Å². The van der Waals surface area contributed by atoms with E-state index in [4.69, 9.17) is 10.2 Å². The predicted molar refractivity (Wildman–Crippen MR) is 381 cm³/mol. The lowest BCUT2D eigenvalue weighted by molar-refractivity contribution is 0.462. The highest BCUT2D eigenvalue weighted by Gasteiger charge is 2.10. The summed E-state index contributed by atoms with van der Waals surface area (Å²) in [5, 5.41) is 55.7. The Hall–Kier alpha value is -5.88. The lowest BCUT2D eigenvalue weighted by Crippen LogP contribution is -1.95. The molecule has 82 heavy (non-hydrogen) atoms. The highest BCUT2D eigenvalue weighted by atomic mass is 16.3. The van der Waals surface area contributed by atoms with Gasteiger partial charge in [-0.25, -0.2) is 0 Å². The summed E-state index contributed by atoms with van der Waals surface area (Å²) in [6.45, 7) is 33.9. The molecule has 6 N–H and O–H groups in total. The number of phenolic OH excluding ortho intramolecular Hbond substituents is 6. The molecule has 0 amide bonds. The van der Waals surface area contributed by atoms with Gasteiger partial charge in [0.15, 0.2) is 0 Å². The molecule has 0 heterocycles. The van der Waals surface area contributed by atoms with E-state index in [0.29, 0.717) is 70.0 Å². The van der Waals surface area contributed by atoms with Crippen molar-refractivity contribution in [3.05, 3.63) is 177 Å². The Morgan fingerprint density at radius 1 is 0.256 bits per heavy atom. The van der Waals surface area contributed by atoms with E-state index in [1.807, 2.05) is 87.5 Å². The Morgan fingerprint density at radius 3 is 0.939 bits per heavy atom. The Bertz CT molecular complexity index is 2310. The van der Waals surface area contributed by atoms with Crippen LogP contribution in [0.5, 0.6) is 34.5 Å². The van der Waals surface area contributed by atoms with Crippen molar-refractivity contribution < 1.29 is 30.6 Å². The van der Waals surface area contributed by atoms with Crippen LogP contribution in [-0.2, 0) is 0 Å². The minimum absolute atomic E-state index is 0. The van der Waals surface area contributed by atoms with Crippen molar-refractivity contribution in [3.63, 3.8) is 0 Å². The van der Waals surface area contributed by atoms with Crippen LogP contribution < -0.4 is 0 Å². The smallest absolute Gasteiger partial charge is 0.119 e. The predicted octanol–water partition coefficient (Wildman–Crippen LogP) is 26.3. The lowest BCUT2D eigenvalue weighted by atomic mass is 9.92. The first-order chi connectivity index (χ1) is 33.1. The number of hydrogen-bond acceptors (Lipinski definition) is 6. The van der Waals surface area contributed by atoms with Crippen molar-refractivity contribution in [3.8, 4) is 34.5 Å². The van der Waals surface area contributed by atoms with Crippen LogP contribution in [0.3, 0.4) is 0 Å².